The van der Waals surface area contributed by atoms with Crippen LogP contribution in [-0.2, 0) is 14.8 Å². The first-order chi connectivity index (χ1) is 10.8. The van der Waals surface area contributed by atoms with E-state index in [4.69, 9.17) is 0 Å². The Morgan fingerprint density at radius 3 is 2.43 bits per heavy atom. The summed E-state index contributed by atoms with van der Waals surface area (Å²) in [4.78, 5) is 12.2. The van der Waals surface area contributed by atoms with Gasteiger partial charge in [-0.2, -0.15) is 4.31 Å². The van der Waals surface area contributed by atoms with Crippen LogP contribution in [0.2, 0.25) is 0 Å². The molecular weight excluding hydrogens is 318 g/mol. The summed E-state index contributed by atoms with van der Waals surface area (Å²) in [7, 11) is -3.76. The van der Waals surface area contributed by atoms with Crippen molar-refractivity contribution in [2.24, 2.45) is 0 Å². The molecule has 0 atom stereocenters. The Morgan fingerprint density at radius 1 is 1.26 bits per heavy atom. The first-order valence-electron chi connectivity index (χ1n) is 7.09. The SMILES string of the molecule is Cc1ccc(S(=O)(=O)N(CC(=O)Nc2ccon2)C(C)C)cc1. The number of rotatable bonds is 6. The topological polar surface area (TPSA) is 92.5 Å². The monoisotopic (exact) mass is 337 g/mol. The largest absolute Gasteiger partial charge is 0.363 e. The Balaban J connectivity index is 2.20. The molecule has 1 heterocycles. The Hall–Kier alpha value is -2.19. The van der Waals surface area contributed by atoms with Gasteiger partial charge in [0, 0.05) is 12.1 Å². The molecule has 1 N–H and O–H groups in total. The molecule has 0 radical (unpaired) electrons. The molecule has 1 aromatic heterocycles. The highest BCUT2D eigenvalue weighted by Crippen LogP contribution is 2.19. The molecule has 1 aromatic carbocycles. The zero-order valence-electron chi connectivity index (χ0n) is 13.2. The number of carbonyl (C=O) groups excluding carboxylic acids is 1. The zero-order valence-corrected chi connectivity index (χ0v) is 14.0. The van der Waals surface area contributed by atoms with Crippen LogP contribution in [0.1, 0.15) is 19.4 Å². The van der Waals surface area contributed by atoms with E-state index in [0.717, 1.165) is 9.87 Å². The average molecular weight is 337 g/mol. The molecule has 7 nitrogen and oxygen atoms in total. The van der Waals surface area contributed by atoms with E-state index in [2.05, 4.69) is 15.0 Å². The number of hydrogen-bond donors (Lipinski definition) is 1. The van der Waals surface area contributed by atoms with E-state index < -0.39 is 15.9 Å². The van der Waals surface area contributed by atoms with E-state index in [-0.39, 0.29) is 23.3 Å². The Bertz CT molecular complexity index is 753. The molecule has 0 aliphatic heterocycles. The van der Waals surface area contributed by atoms with Crippen LogP contribution in [0, 0.1) is 6.92 Å². The van der Waals surface area contributed by atoms with Gasteiger partial charge in [0.05, 0.1) is 11.4 Å². The molecule has 124 valence electrons. The predicted octanol–water partition coefficient (Wildman–Crippen LogP) is 2.02. The van der Waals surface area contributed by atoms with Crippen molar-refractivity contribution in [3.63, 3.8) is 0 Å². The second kappa shape index (κ2) is 6.93. The first-order valence-corrected chi connectivity index (χ1v) is 8.53. The molecule has 0 saturated carbocycles. The Morgan fingerprint density at radius 2 is 1.91 bits per heavy atom. The summed E-state index contributed by atoms with van der Waals surface area (Å²) < 4.78 is 31.2. The van der Waals surface area contributed by atoms with Crippen molar-refractivity contribution in [3.8, 4) is 0 Å². The van der Waals surface area contributed by atoms with Gasteiger partial charge in [-0.15, -0.1) is 0 Å². The Labute approximate surface area is 135 Å². The number of aryl methyl sites for hydroxylation is 1. The molecule has 0 bridgehead atoms. The van der Waals surface area contributed by atoms with E-state index in [1.807, 2.05) is 6.92 Å². The number of nitrogens with zero attached hydrogens (tertiary/aromatic N) is 2. The molecule has 8 heteroatoms. The molecule has 0 aliphatic rings. The fourth-order valence-electron chi connectivity index (χ4n) is 1.99. The van der Waals surface area contributed by atoms with Gasteiger partial charge in [-0.3, -0.25) is 4.79 Å². The van der Waals surface area contributed by atoms with Crippen molar-refractivity contribution in [1.29, 1.82) is 0 Å². The molecule has 2 rings (SSSR count). The molecule has 1 amide bonds. The number of benzene rings is 1. The normalized spacial score (nSPS) is 11.9. The van der Waals surface area contributed by atoms with Crippen molar-refractivity contribution >= 4 is 21.7 Å². The third kappa shape index (κ3) is 4.17. The van der Waals surface area contributed by atoms with Crippen LogP contribution in [0.25, 0.3) is 0 Å². The lowest BCUT2D eigenvalue weighted by atomic mass is 10.2. The zero-order chi connectivity index (χ0) is 17.0. The lowest BCUT2D eigenvalue weighted by Crippen LogP contribution is -2.42. The minimum atomic E-state index is -3.76. The van der Waals surface area contributed by atoms with Crippen LogP contribution >= 0.6 is 0 Å². The molecule has 2 aromatic rings. The minimum absolute atomic E-state index is 0.158. The summed E-state index contributed by atoms with van der Waals surface area (Å²) in [6, 6.07) is 7.63. The van der Waals surface area contributed by atoms with E-state index >= 15 is 0 Å². The highest BCUT2D eigenvalue weighted by Gasteiger charge is 2.29. The number of aromatic nitrogens is 1. The number of nitrogens with one attached hydrogen (secondary N) is 1. The summed E-state index contributed by atoms with van der Waals surface area (Å²) in [5.74, 6) is -0.241. The summed E-state index contributed by atoms with van der Waals surface area (Å²) >= 11 is 0. The van der Waals surface area contributed by atoms with Gasteiger partial charge in [-0.25, -0.2) is 8.42 Å². The number of hydrogen-bond acceptors (Lipinski definition) is 5. The van der Waals surface area contributed by atoms with Crippen LogP contribution in [0.4, 0.5) is 5.82 Å². The molecule has 0 aliphatic carbocycles. The number of anilines is 1. The van der Waals surface area contributed by atoms with Gasteiger partial charge in [0.15, 0.2) is 5.82 Å². The van der Waals surface area contributed by atoms with Gasteiger partial charge >= 0.3 is 0 Å². The molecule has 0 spiro atoms. The smallest absolute Gasteiger partial charge is 0.243 e. The summed E-state index contributed by atoms with van der Waals surface area (Å²) in [6.45, 7) is 5.01. The van der Waals surface area contributed by atoms with E-state index in [1.54, 1.807) is 26.0 Å². The fourth-order valence-corrected chi connectivity index (χ4v) is 3.58. The quantitative estimate of drug-likeness (QED) is 0.870. The first kappa shape index (κ1) is 17.2. The number of carbonyl (C=O) groups is 1. The maximum absolute atomic E-state index is 12.7. The van der Waals surface area contributed by atoms with Crippen LogP contribution < -0.4 is 5.32 Å². The van der Waals surface area contributed by atoms with E-state index in [9.17, 15) is 13.2 Å². The fraction of sp³-hybridized carbons (Fsp3) is 0.333. The predicted molar refractivity (Wildman–Crippen MR) is 85.3 cm³/mol. The highest BCUT2D eigenvalue weighted by molar-refractivity contribution is 7.89. The van der Waals surface area contributed by atoms with Gasteiger partial charge in [-0.05, 0) is 32.9 Å². The maximum atomic E-state index is 12.7. The van der Waals surface area contributed by atoms with Gasteiger partial charge in [-0.1, -0.05) is 22.9 Å². The third-order valence-corrected chi connectivity index (χ3v) is 5.24. The molecule has 0 saturated heterocycles. The molecule has 23 heavy (non-hydrogen) atoms. The van der Waals surface area contributed by atoms with Crippen LogP contribution in [0.15, 0.2) is 46.0 Å². The van der Waals surface area contributed by atoms with Crippen LogP contribution in [0.3, 0.4) is 0 Å². The molecule has 0 fully saturated rings. The Kier molecular flexibility index (Phi) is 5.17. The number of sulfonamides is 1. The lowest BCUT2D eigenvalue weighted by molar-refractivity contribution is -0.116. The van der Waals surface area contributed by atoms with Gasteiger partial charge in [0.25, 0.3) is 0 Å². The minimum Gasteiger partial charge on any atom is -0.363 e. The summed E-state index contributed by atoms with van der Waals surface area (Å²) in [6.07, 6.45) is 1.32. The second-order valence-corrected chi connectivity index (χ2v) is 7.28. The third-order valence-electron chi connectivity index (χ3n) is 3.21. The van der Waals surface area contributed by atoms with Crippen LogP contribution in [-0.4, -0.2) is 36.4 Å². The van der Waals surface area contributed by atoms with Crippen molar-refractivity contribution < 1.29 is 17.7 Å². The standard InChI is InChI=1S/C15H19N3O4S/c1-11(2)18(10-15(19)16-14-8-9-22-17-14)23(20,21)13-6-4-12(3)5-7-13/h4-9,11H,10H2,1-3H3,(H,16,17,19). The molecule has 0 unspecified atom stereocenters. The molecular formula is C15H19N3O4S. The van der Waals surface area contributed by atoms with Crippen molar-refractivity contribution in [2.75, 3.05) is 11.9 Å². The van der Waals surface area contributed by atoms with Crippen molar-refractivity contribution in [2.45, 2.75) is 31.7 Å². The van der Waals surface area contributed by atoms with E-state index in [1.165, 1.54) is 24.5 Å². The lowest BCUT2D eigenvalue weighted by Gasteiger charge is -2.25. The van der Waals surface area contributed by atoms with Gasteiger partial charge < -0.3 is 9.84 Å². The van der Waals surface area contributed by atoms with Gasteiger partial charge in [0.2, 0.25) is 15.9 Å². The average Bonchev–Trinajstić information content (AvgIpc) is 2.97. The second-order valence-electron chi connectivity index (χ2n) is 5.39. The number of amides is 1. The van der Waals surface area contributed by atoms with Crippen LogP contribution in [0.5, 0.6) is 0 Å². The summed E-state index contributed by atoms with van der Waals surface area (Å²) in [5.41, 5.74) is 0.962. The van der Waals surface area contributed by atoms with Crippen molar-refractivity contribution in [3.05, 3.63) is 42.2 Å². The highest BCUT2D eigenvalue weighted by atomic mass is 32.2. The van der Waals surface area contributed by atoms with E-state index in [0.29, 0.717) is 0 Å². The van der Waals surface area contributed by atoms with Gasteiger partial charge in [0.1, 0.15) is 6.26 Å². The maximum Gasteiger partial charge on any atom is 0.243 e. The summed E-state index contributed by atoms with van der Waals surface area (Å²) in [5, 5.41) is 6.05. The van der Waals surface area contributed by atoms with Crippen molar-refractivity contribution in [1.82, 2.24) is 9.46 Å².